The Morgan fingerprint density at radius 1 is 1.00 bits per heavy atom. The van der Waals surface area contributed by atoms with E-state index < -0.39 is 5.54 Å². The van der Waals surface area contributed by atoms with Crippen LogP contribution in [0.15, 0.2) is 78.9 Å². The molecule has 5 nitrogen and oxygen atoms in total. The molecule has 0 aliphatic carbocycles. The van der Waals surface area contributed by atoms with Gasteiger partial charge in [0.2, 0.25) is 0 Å². The van der Waals surface area contributed by atoms with Gasteiger partial charge in [-0.05, 0) is 41.7 Å². The minimum atomic E-state index is -0.753. The first-order valence-electron chi connectivity index (χ1n) is 12.1. The Kier molecular flexibility index (Phi) is 7.76. The first kappa shape index (κ1) is 23.7. The Labute approximate surface area is 202 Å². The summed E-state index contributed by atoms with van der Waals surface area (Å²) in [5, 5.41) is 5.48. The molecule has 1 aliphatic rings. The summed E-state index contributed by atoms with van der Waals surface area (Å²) in [6.45, 7) is 5.26. The van der Waals surface area contributed by atoms with Gasteiger partial charge in [-0.2, -0.15) is 0 Å². The highest BCUT2D eigenvalue weighted by Gasteiger charge is 2.41. The third kappa shape index (κ3) is 5.37. The number of amides is 2. The molecule has 1 heterocycles. The summed E-state index contributed by atoms with van der Waals surface area (Å²) < 4.78 is 0. The van der Waals surface area contributed by atoms with Crippen LogP contribution in [0.5, 0.6) is 0 Å². The number of hydrogen-bond donors (Lipinski definition) is 1. The number of rotatable bonds is 8. The van der Waals surface area contributed by atoms with Crippen LogP contribution in [0.2, 0.25) is 0 Å². The van der Waals surface area contributed by atoms with Crippen molar-refractivity contribution >= 4 is 29.2 Å². The quantitative estimate of drug-likeness (QED) is 0.480. The fourth-order valence-corrected chi connectivity index (χ4v) is 4.88. The van der Waals surface area contributed by atoms with Crippen molar-refractivity contribution in [1.29, 1.82) is 0 Å². The Morgan fingerprint density at radius 2 is 1.71 bits per heavy atom. The number of carbonyl (C=O) groups excluding carboxylic acids is 2. The average Bonchev–Trinajstić information content (AvgIpc) is 2.89. The third-order valence-electron chi connectivity index (χ3n) is 6.80. The largest absolute Gasteiger partial charge is 0.334 e. The number of nitrogens with zero attached hydrogens (tertiary/aromatic N) is 2. The topological polar surface area (TPSA) is 52.7 Å². The maximum atomic E-state index is 13.0. The number of likely N-dealkylation sites (N-methyl/N-ethyl adjacent to an activating group) is 1. The highest BCUT2D eigenvalue weighted by atomic mass is 16.2. The van der Waals surface area contributed by atoms with Crippen molar-refractivity contribution in [3.05, 3.63) is 90.0 Å². The minimum absolute atomic E-state index is 0.185. The number of nitrogens with one attached hydrogen (secondary N) is 1. The summed E-state index contributed by atoms with van der Waals surface area (Å²) in [7, 11) is 0. The molecule has 1 saturated heterocycles. The Hall–Kier alpha value is -3.44. The second-order valence-corrected chi connectivity index (χ2v) is 8.88. The Balaban J connectivity index is 1.36. The molecular weight excluding hydrogens is 422 g/mol. The number of benzene rings is 3. The zero-order valence-corrected chi connectivity index (χ0v) is 19.8. The van der Waals surface area contributed by atoms with Gasteiger partial charge >= 0.3 is 6.03 Å². The molecule has 0 saturated carbocycles. The van der Waals surface area contributed by atoms with Crippen LogP contribution in [-0.4, -0.2) is 53.8 Å². The fraction of sp³-hybridized carbons (Fsp3) is 0.310. The standard InChI is InChI=1S/C29H33N3O2/c1-2-32(28(34)30-19-9-12-24-10-4-3-5-11-24)29(23-33)17-20-31(21-18-29)22-26-15-8-14-25-13-6-7-16-27(25)26/h3-16,23H,2,17-22H2,1H3,(H,30,34)/b12-9+. The van der Waals surface area contributed by atoms with Gasteiger partial charge in [-0.15, -0.1) is 0 Å². The molecule has 5 heteroatoms. The van der Waals surface area contributed by atoms with E-state index in [-0.39, 0.29) is 6.03 Å². The van der Waals surface area contributed by atoms with Crippen LogP contribution >= 0.6 is 0 Å². The average molecular weight is 456 g/mol. The van der Waals surface area contributed by atoms with Crippen LogP contribution in [0, 0.1) is 0 Å². The molecule has 1 aliphatic heterocycles. The Morgan fingerprint density at radius 3 is 2.44 bits per heavy atom. The Bertz CT molecular complexity index is 1130. The number of piperidine rings is 1. The molecular formula is C29H33N3O2. The van der Waals surface area contributed by atoms with E-state index in [1.807, 2.05) is 49.4 Å². The summed E-state index contributed by atoms with van der Waals surface area (Å²) in [5.74, 6) is 0. The summed E-state index contributed by atoms with van der Waals surface area (Å²) in [5.41, 5.74) is 1.64. The van der Waals surface area contributed by atoms with E-state index in [0.717, 1.165) is 31.5 Å². The van der Waals surface area contributed by atoms with E-state index in [1.54, 1.807) is 4.90 Å². The van der Waals surface area contributed by atoms with Gasteiger partial charge in [-0.25, -0.2) is 4.79 Å². The van der Waals surface area contributed by atoms with Crippen LogP contribution in [0.1, 0.15) is 30.9 Å². The predicted molar refractivity (Wildman–Crippen MR) is 139 cm³/mol. The first-order chi connectivity index (χ1) is 16.6. The van der Waals surface area contributed by atoms with E-state index in [0.29, 0.717) is 25.9 Å². The van der Waals surface area contributed by atoms with Gasteiger partial charge in [-0.3, -0.25) is 4.90 Å². The molecule has 4 rings (SSSR count). The number of fused-ring (bicyclic) bond motifs is 1. The van der Waals surface area contributed by atoms with E-state index in [4.69, 9.17) is 0 Å². The highest BCUT2D eigenvalue weighted by molar-refractivity contribution is 5.85. The molecule has 0 radical (unpaired) electrons. The number of urea groups is 1. The molecule has 3 aromatic carbocycles. The minimum Gasteiger partial charge on any atom is -0.334 e. The van der Waals surface area contributed by atoms with Crippen LogP contribution in [0.4, 0.5) is 4.79 Å². The lowest BCUT2D eigenvalue weighted by molar-refractivity contribution is -0.119. The van der Waals surface area contributed by atoms with Crippen molar-refractivity contribution in [3.8, 4) is 0 Å². The van der Waals surface area contributed by atoms with Crippen LogP contribution in [0.3, 0.4) is 0 Å². The van der Waals surface area contributed by atoms with Crippen LogP contribution < -0.4 is 5.32 Å². The molecule has 0 bridgehead atoms. The summed E-state index contributed by atoms with van der Waals surface area (Å²) in [4.78, 5) is 29.4. The van der Waals surface area contributed by atoms with Gasteiger partial charge in [0.25, 0.3) is 0 Å². The van der Waals surface area contributed by atoms with Gasteiger partial charge in [0.05, 0.1) is 0 Å². The molecule has 0 atom stereocenters. The smallest absolute Gasteiger partial charge is 0.318 e. The molecule has 1 N–H and O–H groups in total. The molecule has 3 aromatic rings. The van der Waals surface area contributed by atoms with Gasteiger partial charge < -0.3 is 15.0 Å². The fourth-order valence-electron chi connectivity index (χ4n) is 4.88. The maximum Gasteiger partial charge on any atom is 0.318 e. The summed E-state index contributed by atoms with van der Waals surface area (Å²) in [6, 6.07) is 24.7. The molecule has 0 unspecified atom stereocenters. The normalized spacial score (nSPS) is 15.9. The lowest BCUT2D eigenvalue weighted by Crippen LogP contribution is -2.60. The van der Waals surface area contributed by atoms with E-state index in [2.05, 4.69) is 52.7 Å². The maximum absolute atomic E-state index is 13.0. The van der Waals surface area contributed by atoms with Gasteiger partial charge in [0.1, 0.15) is 11.8 Å². The second kappa shape index (κ2) is 11.1. The van der Waals surface area contributed by atoms with Crippen molar-refractivity contribution in [2.24, 2.45) is 0 Å². The van der Waals surface area contributed by atoms with Crippen molar-refractivity contribution in [1.82, 2.24) is 15.1 Å². The van der Waals surface area contributed by atoms with Gasteiger partial charge in [0.15, 0.2) is 0 Å². The summed E-state index contributed by atoms with van der Waals surface area (Å²) in [6.07, 6.45) is 6.19. The van der Waals surface area contributed by atoms with Crippen molar-refractivity contribution in [3.63, 3.8) is 0 Å². The monoisotopic (exact) mass is 455 g/mol. The zero-order valence-electron chi connectivity index (χ0n) is 19.8. The van der Waals surface area contributed by atoms with Gasteiger partial charge in [0, 0.05) is 32.7 Å². The lowest BCUT2D eigenvalue weighted by Gasteiger charge is -2.45. The van der Waals surface area contributed by atoms with E-state index in [9.17, 15) is 9.59 Å². The number of carbonyl (C=O) groups is 2. The zero-order chi connectivity index (χ0) is 23.8. The van der Waals surface area contributed by atoms with Crippen LogP contribution in [-0.2, 0) is 11.3 Å². The van der Waals surface area contributed by atoms with Crippen molar-refractivity contribution in [2.75, 3.05) is 26.2 Å². The van der Waals surface area contributed by atoms with E-state index in [1.165, 1.54) is 16.3 Å². The molecule has 1 fully saturated rings. The highest BCUT2D eigenvalue weighted by Crippen LogP contribution is 2.29. The SMILES string of the molecule is CCN(C(=O)NC/C=C/c1ccccc1)C1(C=O)CCN(Cc2cccc3ccccc23)CC1. The van der Waals surface area contributed by atoms with E-state index >= 15 is 0 Å². The molecule has 34 heavy (non-hydrogen) atoms. The third-order valence-corrected chi connectivity index (χ3v) is 6.80. The first-order valence-corrected chi connectivity index (χ1v) is 12.1. The predicted octanol–water partition coefficient (Wildman–Crippen LogP) is 5.12. The summed E-state index contributed by atoms with van der Waals surface area (Å²) >= 11 is 0. The lowest BCUT2D eigenvalue weighted by atomic mass is 9.86. The molecule has 0 spiro atoms. The van der Waals surface area contributed by atoms with Gasteiger partial charge in [-0.1, -0.05) is 84.9 Å². The molecule has 176 valence electrons. The number of aldehydes is 1. The molecule has 0 aromatic heterocycles. The number of likely N-dealkylation sites (tertiary alicyclic amines) is 1. The van der Waals surface area contributed by atoms with Crippen molar-refractivity contribution in [2.45, 2.75) is 31.8 Å². The van der Waals surface area contributed by atoms with Crippen molar-refractivity contribution < 1.29 is 9.59 Å². The molecule has 2 amide bonds. The number of hydrogen-bond acceptors (Lipinski definition) is 3. The second-order valence-electron chi connectivity index (χ2n) is 8.88. The van der Waals surface area contributed by atoms with Crippen LogP contribution in [0.25, 0.3) is 16.8 Å².